The van der Waals surface area contributed by atoms with Crippen molar-refractivity contribution in [3.05, 3.63) is 0 Å². The maximum absolute atomic E-state index is 9.10. The summed E-state index contributed by atoms with van der Waals surface area (Å²) in [4.78, 5) is 0. The molecule has 0 unspecified atom stereocenters. The highest BCUT2D eigenvalue weighted by Crippen LogP contribution is 2.15. The van der Waals surface area contributed by atoms with Crippen molar-refractivity contribution >= 4 is 0 Å². The van der Waals surface area contributed by atoms with E-state index in [1.165, 1.54) is 32.1 Å². The summed E-state index contributed by atoms with van der Waals surface area (Å²) in [5.41, 5.74) is -0.888. The molecular formula is C14H30O4. The summed E-state index contributed by atoms with van der Waals surface area (Å²) in [6.07, 6.45) is 8.62. The molecule has 0 aromatic rings. The Hall–Kier alpha value is -0.160. The summed E-state index contributed by atoms with van der Waals surface area (Å²) in [5.74, 6) is 0. The maximum atomic E-state index is 9.10. The minimum Gasteiger partial charge on any atom is -0.396 e. The highest BCUT2D eigenvalue weighted by atomic mass is 16.5. The lowest BCUT2D eigenvalue weighted by Gasteiger charge is -2.26. The van der Waals surface area contributed by atoms with Gasteiger partial charge in [0.05, 0.1) is 31.8 Å². The van der Waals surface area contributed by atoms with Crippen LogP contribution in [0.4, 0.5) is 0 Å². The van der Waals surface area contributed by atoms with E-state index in [-0.39, 0.29) is 26.4 Å². The normalized spacial score (nSPS) is 12.0. The third-order valence-electron chi connectivity index (χ3n) is 3.31. The van der Waals surface area contributed by atoms with Crippen LogP contribution in [0.1, 0.15) is 51.9 Å². The zero-order chi connectivity index (χ0) is 13.7. The zero-order valence-electron chi connectivity index (χ0n) is 11.7. The quantitative estimate of drug-likeness (QED) is 0.442. The zero-order valence-corrected chi connectivity index (χ0v) is 11.7. The third-order valence-corrected chi connectivity index (χ3v) is 3.31. The van der Waals surface area contributed by atoms with Crippen molar-refractivity contribution in [1.82, 2.24) is 0 Å². The van der Waals surface area contributed by atoms with Gasteiger partial charge in [-0.2, -0.15) is 0 Å². The molecule has 0 aliphatic carbocycles. The van der Waals surface area contributed by atoms with Gasteiger partial charge in [0, 0.05) is 6.61 Å². The van der Waals surface area contributed by atoms with Gasteiger partial charge in [-0.15, -0.1) is 0 Å². The van der Waals surface area contributed by atoms with E-state index in [2.05, 4.69) is 6.92 Å². The molecule has 0 amide bonds. The first-order valence-corrected chi connectivity index (χ1v) is 7.15. The summed E-state index contributed by atoms with van der Waals surface area (Å²) in [6, 6.07) is 0. The second-order valence-electron chi connectivity index (χ2n) is 5.15. The van der Waals surface area contributed by atoms with E-state index in [0.29, 0.717) is 6.61 Å². The number of ether oxygens (including phenoxy) is 1. The van der Waals surface area contributed by atoms with Gasteiger partial charge in [0.2, 0.25) is 0 Å². The Balaban J connectivity index is 3.38. The van der Waals surface area contributed by atoms with E-state index < -0.39 is 5.41 Å². The van der Waals surface area contributed by atoms with E-state index in [0.717, 1.165) is 12.8 Å². The smallest absolute Gasteiger partial charge is 0.0629 e. The van der Waals surface area contributed by atoms with Crippen LogP contribution < -0.4 is 0 Å². The van der Waals surface area contributed by atoms with Gasteiger partial charge in [-0.25, -0.2) is 0 Å². The minimum atomic E-state index is -0.888. The van der Waals surface area contributed by atoms with E-state index in [4.69, 9.17) is 20.1 Å². The molecule has 0 rings (SSSR count). The van der Waals surface area contributed by atoms with Gasteiger partial charge in [0.25, 0.3) is 0 Å². The molecule has 0 radical (unpaired) electrons. The van der Waals surface area contributed by atoms with E-state index in [1.54, 1.807) is 0 Å². The van der Waals surface area contributed by atoms with E-state index in [9.17, 15) is 0 Å². The molecule has 0 fully saturated rings. The molecule has 4 heteroatoms. The summed E-state index contributed by atoms with van der Waals surface area (Å²) in [6.45, 7) is 2.30. The SMILES string of the molecule is CCCCCCCCCOCC(CO)(CO)CO. The Morgan fingerprint density at radius 1 is 0.778 bits per heavy atom. The first kappa shape index (κ1) is 17.8. The Kier molecular flexibility index (Phi) is 11.8. The highest BCUT2D eigenvalue weighted by molar-refractivity contribution is 4.76. The van der Waals surface area contributed by atoms with Crippen molar-refractivity contribution in [3.63, 3.8) is 0 Å². The molecular weight excluding hydrogens is 232 g/mol. The van der Waals surface area contributed by atoms with Crippen LogP contribution in [0.5, 0.6) is 0 Å². The fourth-order valence-corrected chi connectivity index (χ4v) is 1.74. The van der Waals surface area contributed by atoms with E-state index in [1.807, 2.05) is 0 Å². The molecule has 0 atom stereocenters. The second-order valence-corrected chi connectivity index (χ2v) is 5.15. The van der Waals surface area contributed by atoms with Crippen molar-refractivity contribution < 1.29 is 20.1 Å². The Bertz CT molecular complexity index is 161. The number of hydrogen-bond donors (Lipinski definition) is 3. The molecule has 3 N–H and O–H groups in total. The van der Waals surface area contributed by atoms with Crippen LogP contribution in [0.15, 0.2) is 0 Å². The van der Waals surface area contributed by atoms with Crippen molar-refractivity contribution in [2.75, 3.05) is 33.0 Å². The number of aliphatic hydroxyl groups is 3. The topological polar surface area (TPSA) is 69.9 Å². The Morgan fingerprint density at radius 3 is 1.78 bits per heavy atom. The Morgan fingerprint density at radius 2 is 1.28 bits per heavy atom. The van der Waals surface area contributed by atoms with Crippen LogP contribution in [0.2, 0.25) is 0 Å². The molecule has 110 valence electrons. The monoisotopic (exact) mass is 262 g/mol. The summed E-state index contributed by atoms with van der Waals surface area (Å²) >= 11 is 0. The number of unbranched alkanes of at least 4 members (excludes halogenated alkanes) is 6. The van der Waals surface area contributed by atoms with Gasteiger partial charge in [-0.05, 0) is 6.42 Å². The second kappa shape index (κ2) is 11.9. The predicted molar refractivity (Wildman–Crippen MR) is 72.5 cm³/mol. The first-order valence-electron chi connectivity index (χ1n) is 7.15. The molecule has 0 aromatic carbocycles. The third kappa shape index (κ3) is 8.03. The summed E-state index contributed by atoms with van der Waals surface area (Å²) in [5, 5.41) is 27.3. The van der Waals surface area contributed by atoms with Crippen molar-refractivity contribution in [1.29, 1.82) is 0 Å². The molecule has 0 bridgehead atoms. The lowest BCUT2D eigenvalue weighted by molar-refractivity contribution is -0.0582. The van der Waals surface area contributed by atoms with Crippen LogP contribution in [0, 0.1) is 5.41 Å². The maximum Gasteiger partial charge on any atom is 0.0629 e. The molecule has 0 saturated carbocycles. The van der Waals surface area contributed by atoms with Gasteiger partial charge < -0.3 is 20.1 Å². The van der Waals surface area contributed by atoms with Crippen LogP contribution in [0.25, 0.3) is 0 Å². The van der Waals surface area contributed by atoms with Crippen molar-refractivity contribution in [2.45, 2.75) is 51.9 Å². The standard InChI is InChI=1S/C14H30O4/c1-2-3-4-5-6-7-8-9-18-13-14(10-15,11-16)12-17/h15-17H,2-13H2,1H3. The van der Waals surface area contributed by atoms with E-state index >= 15 is 0 Å². The van der Waals surface area contributed by atoms with Crippen LogP contribution >= 0.6 is 0 Å². The van der Waals surface area contributed by atoms with Crippen molar-refractivity contribution in [2.24, 2.45) is 5.41 Å². The molecule has 4 nitrogen and oxygen atoms in total. The van der Waals surface area contributed by atoms with Gasteiger partial charge >= 0.3 is 0 Å². The molecule has 18 heavy (non-hydrogen) atoms. The lowest BCUT2D eigenvalue weighted by Crippen LogP contribution is -2.38. The number of hydrogen-bond acceptors (Lipinski definition) is 4. The molecule has 0 aliphatic rings. The van der Waals surface area contributed by atoms with Crippen molar-refractivity contribution in [3.8, 4) is 0 Å². The van der Waals surface area contributed by atoms with Gasteiger partial charge in [0.1, 0.15) is 0 Å². The van der Waals surface area contributed by atoms with Gasteiger partial charge in [-0.1, -0.05) is 45.4 Å². The molecule has 0 aromatic heterocycles. The average molecular weight is 262 g/mol. The minimum absolute atomic E-state index is 0.215. The average Bonchev–Trinajstić information content (AvgIpc) is 2.42. The van der Waals surface area contributed by atoms with Crippen LogP contribution in [0.3, 0.4) is 0 Å². The molecule has 0 saturated heterocycles. The van der Waals surface area contributed by atoms with Crippen LogP contribution in [-0.2, 0) is 4.74 Å². The summed E-state index contributed by atoms with van der Waals surface area (Å²) < 4.78 is 5.42. The van der Waals surface area contributed by atoms with Crippen LogP contribution in [-0.4, -0.2) is 48.4 Å². The number of aliphatic hydroxyl groups excluding tert-OH is 3. The molecule has 0 spiro atoms. The molecule has 0 heterocycles. The van der Waals surface area contributed by atoms with Gasteiger partial charge in [-0.3, -0.25) is 0 Å². The molecule has 0 aliphatic heterocycles. The fraction of sp³-hybridized carbons (Fsp3) is 1.00. The first-order chi connectivity index (χ1) is 8.74. The summed E-state index contributed by atoms with van der Waals surface area (Å²) in [7, 11) is 0. The largest absolute Gasteiger partial charge is 0.396 e. The lowest BCUT2D eigenvalue weighted by atomic mass is 9.93. The number of rotatable bonds is 13. The fourth-order valence-electron chi connectivity index (χ4n) is 1.74. The predicted octanol–water partition coefficient (Wildman–Crippen LogP) is 1.72. The van der Waals surface area contributed by atoms with Gasteiger partial charge in [0.15, 0.2) is 0 Å². The highest BCUT2D eigenvalue weighted by Gasteiger charge is 2.28. The Labute approximate surface area is 111 Å².